The first-order valence-corrected chi connectivity index (χ1v) is 9.99. The van der Waals surface area contributed by atoms with Crippen molar-refractivity contribution in [2.75, 3.05) is 30.0 Å². The molecule has 2 aliphatic heterocycles. The summed E-state index contributed by atoms with van der Waals surface area (Å²) in [5, 5.41) is 2.96. The Morgan fingerprint density at radius 1 is 1.37 bits per heavy atom. The number of rotatable bonds is 5. The van der Waals surface area contributed by atoms with Crippen LogP contribution in [0.25, 0.3) is 11.1 Å². The van der Waals surface area contributed by atoms with E-state index in [2.05, 4.69) is 21.8 Å². The lowest BCUT2D eigenvalue weighted by molar-refractivity contribution is -0.125. The molecule has 0 saturated carbocycles. The lowest BCUT2D eigenvalue weighted by Gasteiger charge is -2.48. The SMILES string of the molecule is C=C/C=C(\C(=C/N)c1ccccc1)c1ncc2c(n1)N1CCOC[C@@]1(CC)C(=O)N2. The third-order valence-corrected chi connectivity index (χ3v) is 5.66. The van der Waals surface area contributed by atoms with Gasteiger partial charge in [0.15, 0.2) is 11.6 Å². The molecule has 7 heteroatoms. The molecule has 0 unspecified atom stereocenters. The second kappa shape index (κ2) is 8.12. The van der Waals surface area contributed by atoms with Gasteiger partial charge in [-0.3, -0.25) is 4.79 Å². The predicted octanol–water partition coefficient (Wildman–Crippen LogP) is 2.98. The molecule has 0 bridgehead atoms. The Morgan fingerprint density at radius 2 is 2.17 bits per heavy atom. The zero-order valence-corrected chi connectivity index (χ0v) is 17.0. The average Bonchev–Trinajstić information content (AvgIpc) is 2.79. The third kappa shape index (κ3) is 3.17. The van der Waals surface area contributed by atoms with Crippen LogP contribution in [0.2, 0.25) is 0 Å². The Kier molecular flexibility index (Phi) is 5.37. The van der Waals surface area contributed by atoms with Crippen molar-refractivity contribution in [2.24, 2.45) is 5.73 Å². The first-order valence-electron chi connectivity index (χ1n) is 9.99. The van der Waals surface area contributed by atoms with E-state index in [0.29, 0.717) is 43.5 Å². The van der Waals surface area contributed by atoms with Crippen LogP contribution in [0.15, 0.2) is 61.5 Å². The molecule has 30 heavy (non-hydrogen) atoms. The molecule has 1 aromatic carbocycles. The number of morpholine rings is 1. The highest BCUT2D eigenvalue weighted by Crippen LogP contribution is 2.40. The van der Waals surface area contributed by atoms with E-state index >= 15 is 0 Å². The maximum Gasteiger partial charge on any atom is 0.252 e. The van der Waals surface area contributed by atoms with E-state index in [0.717, 1.165) is 16.7 Å². The molecule has 0 aliphatic carbocycles. The number of amides is 1. The van der Waals surface area contributed by atoms with Crippen molar-refractivity contribution in [3.8, 4) is 0 Å². The van der Waals surface area contributed by atoms with Crippen molar-refractivity contribution >= 4 is 28.6 Å². The van der Waals surface area contributed by atoms with Crippen LogP contribution in [0.3, 0.4) is 0 Å². The molecule has 2 aliphatic rings. The number of carbonyl (C=O) groups excluding carboxylic acids is 1. The highest BCUT2D eigenvalue weighted by atomic mass is 16.5. The van der Waals surface area contributed by atoms with Crippen LogP contribution >= 0.6 is 0 Å². The number of hydrogen-bond acceptors (Lipinski definition) is 6. The topological polar surface area (TPSA) is 93.4 Å². The second-order valence-corrected chi connectivity index (χ2v) is 7.24. The minimum absolute atomic E-state index is 0.0813. The van der Waals surface area contributed by atoms with Crippen molar-refractivity contribution < 1.29 is 9.53 Å². The summed E-state index contributed by atoms with van der Waals surface area (Å²) in [6.07, 6.45) is 7.37. The number of benzene rings is 1. The van der Waals surface area contributed by atoms with Crippen molar-refractivity contribution in [2.45, 2.75) is 18.9 Å². The van der Waals surface area contributed by atoms with Gasteiger partial charge in [-0.15, -0.1) is 0 Å². The smallest absolute Gasteiger partial charge is 0.252 e. The van der Waals surface area contributed by atoms with Gasteiger partial charge in [0, 0.05) is 23.9 Å². The molecule has 4 rings (SSSR count). The standard InChI is InChI=1S/C23H25N5O2/c1-3-8-17(18(13-24)16-9-6-5-7-10-16)20-25-14-19-21(27-20)28-11-12-30-15-23(28,4-2)22(29)26-19/h3,5-10,13-14H,1,4,11-12,15,24H2,2H3,(H,26,29)/b17-8+,18-13-/t23-/m0/s1. The van der Waals surface area contributed by atoms with Gasteiger partial charge in [-0.05, 0) is 12.0 Å². The predicted molar refractivity (Wildman–Crippen MR) is 119 cm³/mol. The van der Waals surface area contributed by atoms with Crippen LogP contribution in [0, 0.1) is 0 Å². The van der Waals surface area contributed by atoms with Crippen LogP contribution in [0.4, 0.5) is 11.5 Å². The van der Waals surface area contributed by atoms with Crippen LogP contribution < -0.4 is 16.0 Å². The number of nitrogens with two attached hydrogens (primary N) is 1. The fourth-order valence-electron chi connectivity index (χ4n) is 4.04. The van der Waals surface area contributed by atoms with E-state index in [-0.39, 0.29) is 5.91 Å². The van der Waals surface area contributed by atoms with E-state index in [1.807, 2.05) is 43.3 Å². The van der Waals surface area contributed by atoms with E-state index in [1.54, 1.807) is 18.5 Å². The molecule has 1 saturated heterocycles. The Hall–Kier alpha value is -3.45. The van der Waals surface area contributed by atoms with Gasteiger partial charge in [0.2, 0.25) is 0 Å². The maximum atomic E-state index is 12.9. The lowest BCUT2D eigenvalue weighted by Crippen LogP contribution is -2.66. The molecule has 0 radical (unpaired) electrons. The Labute approximate surface area is 176 Å². The first-order chi connectivity index (χ1) is 14.6. The summed E-state index contributed by atoms with van der Waals surface area (Å²) in [4.78, 5) is 24.3. The van der Waals surface area contributed by atoms with Crippen molar-refractivity contribution in [3.05, 3.63) is 72.8 Å². The molecule has 0 spiro atoms. The summed E-state index contributed by atoms with van der Waals surface area (Å²) in [6, 6.07) is 9.83. The van der Waals surface area contributed by atoms with Crippen molar-refractivity contribution in [3.63, 3.8) is 0 Å². The molecule has 3 heterocycles. The molecular weight excluding hydrogens is 378 g/mol. The van der Waals surface area contributed by atoms with Crippen LogP contribution in [-0.2, 0) is 9.53 Å². The maximum absolute atomic E-state index is 12.9. The summed E-state index contributed by atoms with van der Waals surface area (Å²) < 4.78 is 5.65. The van der Waals surface area contributed by atoms with E-state index < -0.39 is 5.54 Å². The van der Waals surface area contributed by atoms with Gasteiger partial charge in [0.05, 0.1) is 19.4 Å². The Balaban J connectivity index is 1.82. The number of fused-ring (bicyclic) bond motifs is 3. The highest BCUT2D eigenvalue weighted by molar-refractivity contribution is 6.07. The summed E-state index contributed by atoms with van der Waals surface area (Å²) in [7, 11) is 0. The normalized spacial score (nSPS) is 21.5. The molecule has 2 aromatic rings. The van der Waals surface area contributed by atoms with Gasteiger partial charge >= 0.3 is 0 Å². The van der Waals surface area contributed by atoms with Gasteiger partial charge in [-0.1, -0.05) is 56.0 Å². The van der Waals surface area contributed by atoms with Gasteiger partial charge < -0.3 is 20.7 Å². The summed E-state index contributed by atoms with van der Waals surface area (Å²) >= 11 is 0. The lowest BCUT2D eigenvalue weighted by atomic mass is 9.90. The quantitative estimate of drug-likeness (QED) is 0.746. The molecular formula is C23H25N5O2. The number of allylic oxidation sites excluding steroid dienone is 4. The molecule has 7 nitrogen and oxygen atoms in total. The molecule has 154 valence electrons. The highest BCUT2D eigenvalue weighted by Gasteiger charge is 2.49. The Bertz CT molecular complexity index is 1030. The van der Waals surface area contributed by atoms with Gasteiger partial charge in [0.25, 0.3) is 5.91 Å². The minimum atomic E-state index is -0.759. The fourth-order valence-corrected chi connectivity index (χ4v) is 4.04. The number of aromatic nitrogens is 2. The van der Waals surface area contributed by atoms with E-state index in [9.17, 15) is 4.79 Å². The van der Waals surface area contributed by atoms with Crippen LogP contribution in [-0.4, -0.2) is 41.2 Å². The summed E-state index contributed by atoms with van der Waals surface area (Å²) in [6.45, 7) is 7.29. The van der Waals surface area contributed by atoms with Gasteiger partial charge in [0.1, 0.15) is 11.2 Å². The average molecular weight is 403 g/mol. The van der Waals surface area contributed by atoms with Gasteiger partial charge in [-0.2, -0.15) is 0 Å². The molecule has 1 aromatic heterocycles. The zero-order valence-electron chi connectivity index (χ0n) is 17.0. The molecule has 1 amide bonds. The minimum Gasteiger partial charge on any atom is -0.404 e. The monoisotopic (exact) mass is 403 g/mol. The number of anilines is 2. The van der Waals surface area contributed by atoms with Crippen LogP contribution in [0.1, 0.15) is 24.7 Å². The number of ether oxygens (including phenoxy) is 1. The molecule has 1 fully saturated rings. The molecule has 1 atom stereocenters. The van der Waals surface area contributed by atoms with E-state index in [1.165, 1.54) is 0 Å². The zero-order chi connectivity index (χ0) is 21.1. The fraction of sp³-hybridized carbons (Fsp3) is 0.261. The number of carbonyl (C=O) groups is 1. The molecule has 3 N–H and O–H groups in total. The van der Waals surface area contributed by atoms with Crippen LogP contribution in [0.5, 0.6) is 0 Å². The van der Waals surface area contributed by atoms with Crippen molar-refractivity contribution in [1.82, 2.24) is 9.97 Å². The first kappa shape index (κ1) is 19.8. The third-order valence-electron chi connectivity index (χ3n) is 5.66. The summed E-state index contributed by atoms with van der Waals surface area (Å²) in [5.74, 6) is 1.13. The number of nitrogens with zero attached hydrogens (tertiary/aromatic N) is 3. The summed E-state index contributed by atoms with van der Waals surface area (Å²) in [5.41, 5.74) is 8.36. The number of nitrogens with one attached hydrogen (secondary N) is 1. The second-order valence-electron chi connectivity index (χ2n) is 7.24. The van der Waals surface area contributed by atoms with Gasteiger partial charge in [-0.25, -0.2) is 9.97 Å². The largest absolute Gasteiger partial charge is 0.404 e. The van der Waals surface area contributed by atoms with E-state index in [4.69, 9.17) is 15.5 Å². The Morgan fingerprint density at radius 3 is 2.87 bits per heavy atom. The van der Waals surface area contributed by atoms with Crippen molar-refractivity contribution in [1.29, 1.82) is 0 Å². The number of hydrogen-bond donors (Lipinski definition) is 2.